The molecule has 2 aromatic carbocycles. The Morgan fingerprint density at radius 2 is 1.85 bits per heavy atom. The molecule has 26 heavy (non-hydrogen) atoms. The third-order valence-electron chi connectivity index (χ3n) is 4.68. The molecule has 0 unspecified atom stereocenters. The lowest BCUT2D eigenvalue weighted by Crippen LogP contribution is -2.42. The largest absolute Gasteiger partial charge is 0.447 e. The van der Waals surface area contributed by atoms with Gasteiger partial charge in [-0.2, -0.15) is 0 Å². The molecule has 5 nitrogen and oxygen atoms in total. The van der Waals surface area contributed by atoms with Crippen LogP contribution in [0.3, 0.4) is 0 Å². The number of aliphatic hydroxyl groups is 1. The van der Waals surface area contributed by atoms with Gasteiger partial charge in [-0.1, -0.05) is 48.0 Å². The van der Waals surface area contributed by atoms with Crippen LogP contribution in [0.2, 0.25) is 5.02 Å². The summed E-state index contributed by atoms with van der Waals surface area (Å²) in [6.07, 6.45) is -1.70. The summed E-state index contributed by atoms with van der Waals surface area (Å²) < 4.78 is 4.90. The molecular weight excluding hydrogens is 374 g/mol. The summed E-state index contributed by atoms with van der Waals surface area (Å²) in [6, 6.07) is 14.7. The number of amides is 2. The number of benzene rings is 2. The number of ether oxygens (including phenoxy) is 1. The molecule has 0 saturated carbocycles. The number of imide groups is 1. The maximum atomic E-state index is 13.1. The first-order chi connectivity index (χ1) is 12.6. The number of hydrogen-bond donors (Lipinski definition) is 1. The lowest BCUT2D eigenvalue weighted by Gasteiger charge is -2.37. The molecule has 0 bridgehead atoms. The number of carbonyl (C=O) groups is 2. The Balaban J connectivity index is 1.80. The second-order valence-electron chi connectivity index (χ2n) is 6.17. The molecule has 1 saturated heterocycles. The monoisotopic (exact) mass is 389 g/mol. The van der Waals surface area contributed by atoms with Gasteiger partial charge in [0.2, 0.25) is 5.91 Å². The van der Waals surface area contributed by atoms with Crippen LogP contribution < -0.4 is 0 Å². The summed E-state index contributed by atoms with van der Waals surface area (Å²) in [6.45, 7) is 0.371. The number of rotatable bonds is 2. The van der Waals surface area contributed by atoms with Crippen LogP contribution in [0.25, 0.3) is 0 Å². The number of carbonyl (C=O) groups excluding carboxylic acids is 2. The average Bonchev–Trinajstić information content (AvgIpc) is 3.07. The van der Waals surface area contributed by atoms with Crippen LogP contribution in [0.15, 0.2) is 53.4 Å². The van der Waals surface area contributed by atoms with E-state index in [0.717, 1.165) is 15.4 Å². The van der Waals surface area contributed by atoms with Crippen LogP contribution in [0.5, 0.6) is 0 Å². The molecule has 1 N–H and O–H groups in total. The molecule has 2 aliphatic heterocycles. The van der Waals surface area contributed by atoms with E-state index >= 15 is 0 Å². The number of hydrogen-bond acceptors (Lipinski definition) is 5. The number of fused-ring (bicyclic) bond motifs is 1. The first kappa shape index (κ1) is 17.4. The van der Waals surface area contributed by atoms with Gasteiger partial charge in [-0.05, 0) is 23.3 Å². The Kier molecular flexibility index (Phi) is 4.65. The second kappa shape index (κ2) is 6.95. The van der Waals surface area contributed by atoms with Gasteiger partial charge >= 0.3 is 6.09 Å². The zero-order valence-electron chi connectivity index (χ0n) is 13.7. The number of aliphatic hydroxyl groups excluding tert-OH is 1. The van der Waals surface area contributed by atoms with Crippen molar-refractivity contribution in [3.63, 3.8) is 0 Å². The van der Waals surface area contributed by atoms with E-state index in [9.17, 15) is 14.7 Å². The Morgan fingerprint density at radius 3 is 2.54 bits per heavy atom. The maximum Gasteiger partial charge on any atom is 0.416 e. The highest BCUT2D eigenvalue weighted by Crippen LogP contribution is 2.54. The predicted molar refractivity (Wildman–Crippen MR) is 98.0 cm³/mol. The molecule has 4 rings (SSSR count). The van der Waals surface area contributed by atoms with Crippen LogP contribution >= 0.6 is 23.4 Å². The van der Waals surface area contributed by atoms with Crippen LogP contribution in [-0.2, 0) is 9.53 Å². The lowest BCUT2D eigenvalue weighted by atomic mass is 9.87. The fraction of sp³-hybridized carbons (Fsp3) is 0.263. The van der Waals surface area contributed by atoms with Gasteiger partial charge < -0.3 is 9.84 Å². The van der Waals surface area contributed by atoms with Gasteiger partial charge in [-0.25, -0.2) is 9.69 Å². The maximum absolute atomic E-state index is 13.1. The molecule has 2 heterocycles. The summed E-state index contributed by atoms with van der Waals surface area (Å²) in [7, 11) is 0. The Hall–Kier alpha value is -2.02. The zero-order valence-corrected chi connectivity index (χ0v) is 15.2. The smallest absolute Gasteiger partial charge is 0.416 e. The number of halogens is 1. The molecule has 134 valence electrons. The van der Waals surface area contributed by atoms with E-state index in [1.54, 1.807) is 12.1 Å². The topological polar surface area (TPSA) is 66.8 Å². The van der Waals surface area contributed by atoms with Gasteiger partial charge in [0, 0.05) is 9.92 Å². The average molecular weight is 390 g/mol. The third-order valence-corrected chi connectivity index (χ3v) is 6.45. The highest BCUT2D eigenvalue weighted by atomic mass is 35.5. The van der Waals surface area contributed by atoms with Gasteiger partial charge in [0.05, 0.1) is 23.8 Å². The fourth-order valence-electron chi connectivity index (χ4n) is 3.40. The quantitative estimate of drug-likeness (QED) is 0.845. The zero-order chi connectivity index (χ0) is 18.3. The van der Waals surface area contributed by atoms with E-state index in [4.69, 9.17) is 16.3 Å². The standard InChI is InChI=1S/C19H16ClNO4S/c20-13-7-3-1-5-11(13)17-15(18(23)21-9-10-25-19(21)24)16(22)12-6-2-4-8-14(12)26-17/h1-8,15-17,22H,9-10H2/t15-,16+,17+/m1/s1. The van der Waals surface area contributed by atoms with E-state index in [-0.39, 0.29) is 13.2 Å². The summed E-state index contributed by atoms with van der Waals surface area (Å²) in [4.78, 5) is 27.0. The summed E-state index contributed by atoms with van der Waals surface area (Å²) in [5.41, 5.74) is 1.45. The molecule has 0 aliphatic carbocycles. The minimum absolute atomic E-state index is 0.174. The minimum atomic E-state index is -1.03. The van der Waals surface area contributed by atoms with Crippen molar-refractivity contribution in [2.75, 3.05) is 13.2 Å². The third kappa shape index (κ3) is 2.88. The molecule has 0 radical (unpaired) electrons. The van der Waals surface area contributed by atoms with Crippen molar-refractivity contribution >= 4 is 35.4 Å². The van der Waals surface area contributed by atoms with E-state index in [2.05, 4.69) is 0 Å². The van der Waals surface area contributed by atoms with E-state index < -0.39 is 29.3 Å². The van der Waals surface area contributed by atoms with Gasteiger partial charge in [-0.15, -0.1) is 11.8 Å². The second-order valence-corrected chi connectivity index (χ2v) is 7.76. The van der Waals surface area contributed by atoms with E-state index in [0.29, 0.717) is 10.6 Å². The molecule has 7 heteroatoms. The van der Waals surface area contributed by atoms with Crippen molar-refractivity contribution in [1.29, 1.82) is 0 Å². The molecule has 2 amide bonds. The van der Waals surface area contributed by atoms with Gasteiger partial charge in [0.25, 0.3) is 0 Å². The first-order valence-electron chi connectivity index (χ1n) is 8.24. The van der Waals surface area contributed by atoms with Crippen molar-refractivity contribution in [3.8, 4) is 0 Å². The minimum Gasteiger partial charge on any atom is -0.447 e. The van der Waals surface area contributed by atoms with Gasteiger partial charge in [-0.3, -0.25) is 4.79 Å². The molecule has 2 aromatic rings. The Morgan fingerprint density at radius 1 is 1.15 bits per heavy atom. The number of thioether (sulfide) groups is 1. The molecule has 0 aromatic heterocycles. The van der Waals surface area contributed by atoms with Gasteiger partial charge in [0.1, 0.15) is 6.61 Å². The fourth-order valence-corrected chi connectivity index (χ4v) is 5.22. The SMILES string of the molecule is O=C1OCCN1C(=O)[C@@H]1[C@@H](O)c2ccccc2S[C@H]1c1ccccc1Cl. The van der Waals surface area contributed by atoms with Gasteiger partial charge in [0.15, 0.2) is 0 Å². The van der Waals surface area contributed by atoms with E-state index in [1.165, 1.54) is 11.8 Å². The lowest BCUT2D eigenvalue weighted by molar-refractivity contribution is -0.136. The molecule has 0 spiro atoms. The van der Waals surface area contributed by atoms with E-state index in [1.807, 2.05) is 36.4 Å². The Labute approximate surface area is 159 Å². The highest BCUT2D eigenvalue weighted by Gasteiger charge is 2.46. The molecule has 2 aliphatic rings. The summed E-state index contributed by atoms with van der Waals surface area (Å²) >= 11 is 7.86. The molecular formula is C19H16ClNO4S. The van der Waals surface area contributed by atoms with Crippen molar-refractivity contribution in [2.45, 2.75) is 16.2 Å². The van der Waals surface area contributed by atoms with Crippen LogP contribution in [0.1, 0.15) is 22.5 Å². The molecule has 3 atom stereocenters. The van der Waals surface area contributed by atoms with Crippen molar-refractivity contribution in [3.05, 3.63) is 64.7 Å². The number of nitrogens with zero attached hydrogens (tertiary/aromatic N) is 1. The summed E-state index contributed by atoms with van der Waals surface area (Å²) in [5.74, 6) is -1.27. The van der Waals surface area contributed by atoms with Crippen molar-refractivity contribution in [1.82, 2.24) is 4.90 Å². The highest BCUT2D eigenvalue weighted by molar-refractivity contribution is 7.99. The summed E-state index contributed by atoms with van der Waals surface area (Å²) in [5, 5.41) is 11.1. The normalized spacial score (nSPS) is 24.9. The van der Waals surface area contributed by atoms with Crippen LogP contribution in [-0.4, -0.2) is 35.2 Å². The van der Waals surface area contributed by atoms with Crippen molar-refractivity contribution < 1.29 is 19.4 Å². The molecule has 1 fully saturated rings. The Bertz CT molecular complexity index is 874. The predicted octanol–water partition coefficient (Wildman–Crippen LogP) is 3.82. The van der Waals surface area contributed by atoms with Crippen molar-refractivity contribution in [2.24, 2.45) is 5.92 Å². The first-order valence-corrected chi connectivity index (χ1v) is 9.50. The van der Waals surface area contributed by atoms with Crippen LogP contribution in [0, 0.1) is 5.92 Å². The number of cyclic esters (lactones) is 1. The van der Waals surface area contributed by atoms with Crippen LogP contribution in [0.4, 0.5) is 4.79 Å².